The third kappa shape index (κ3) is 4.07. The fourth-order valence-corrected chi connectivity index (χ4v) is 2.66. The van der Waals surface area contributed by atoms with Crippen molar-refractivity contribution in [3.05, 3.63) is 30.1 Å². The first-order valence-corrected chi connectivity index (χ1v) is 7.11. The number of pyridine rings is 1. The van der Waals surface area contributed by atoms with E-state index < -0.39 is 0 Å². The van der Waals surface area contributed by atoms with Crippen LogP contribution in [0.1, 0.15) is 31.7 Å². The SMILES string of the molecule is CCOC[C@H]1CCCN1CCCc1cccnc1. The largest absolute Gasteiger partial charge is 0.380 e. The molecule has 1 saturated heterocycles. The molecular formula is C15H24N2O. The minimum atomic E-state index is 0.652. The van der Waals surface area contributed by atoms with Crippen LogP contribution in [-0.4, -0.2) is 42.2 Å². The molecule has 18 heavy (non-hydrogen) atoms. The number of nitrogens with zero attached hydrogens (tertiary/aromatic N) is 2. The summed E-state index contributed by atoms with van der Waals surface area (Å²) in [4.78, 5) is 6.75. The summed E-state index contributed by atoms with van der Waals surface area (Å²) in [6, 6.07) is 4.83. The molecule has 3 heteroatoms. The Morgan fingerprint density at radius 3 is 3.22 bits per heavy atom. The number of likely N-dealkylation sites (tertiary alicyclic amines) is 1. The van der Waals surface area contributed by atoms with E-state index in [2.05, 4.69) is 22.9 Å². The van der Waals surface area contributed by atoms with Crippen LogP contribution in [0.3, 0.4) is 0 Å². The summed E-state index contributed by atoms with van der Waals surface area (Å²) in [6.45, 7) is 6.24. The van der Waals surface area contributed by atoms with E-state index in [1.54, 1.807) is 0 Å². The Kier molecular flexibility index (Phi) is 5.62. The van der Waals surface area contributed by atoms with Crippen molar-refractivity contribution < 1.29 is 4.74 Å². The van der Waals surface area contributed by atoms with Gasteiger partial charge in [-0.2, -0.15) is 0 Å². The Balaban J connectivity index is 1.69. The molecule has 0 aromatic carbocycles. The highest BCUT2D eigenvalue weighted by Gasteiger charge is 2.23. The number of hydrogen-bond acceptors (Lipinski definition) is 3. The van der Waals surface area contributed by atoms with Gasteiger partial charge in [0.15, 0.2) is 0 Å². The second-order valence-corrected chi connectivity index (χ2v) is 4.96. The molecule has 0 N–H and O–H groups in total. The predicted octanol–water partition coefficient (Wildman–Crippen LogP) is 2.52. The second-order valence-electron chi connectivity index (χ2n) is 4.96. The van der Waals surface area contributed by atoms with E-state index in [1.165, 1.54) is 37.9 Å². The third-order valence-electron chi connectivity index (χ3n) is 3.65. The lowest BCUT2D eigenvalue weighted by Crippen LogP contribution is -2.34. The molecule has 1 aliphatic rings. The number of aromatic nitrogens is 1. The Hall–Kier alpha value is -0.930. The summed E-state index contributed by atoms with van der Waals surface area (Å²) in [5, 5.41) is 0. The zero-order valence-corrected chi connectivity index (χ0v) is 11.3. The smallest absolute Gasteiger partial charge is 0.0621 e. The van der Waals surface area contributed by atoms with E-state index in [-0.39, 0.29) is 0 Å². The van der Waals surface area contributed by atoms with Crippen molar-refractivity contribution in [3.8, 4) is 0 Å². The molecule has 0 aliphatic carbocycles. The molecule has 2 heterocycles. The van der Waals surface area contributed by atoms with Gasteiger partial charge in [-0.25, -0.2) is 0 Å². The Morgan fingerprint density at radius 2 is 2.44 bits per heavy atom. The molecule has 1 atom stereocenters. The fourth-order valence-electron chi connectivity index (χ4n) is 2.66. The summed E-state index contributed by atoms with van der Waals surface area (Å²) >= 11 is 0. The van der Waals surface area contributed by atoms with Gasteiger partial charge in [-0.15, -0.1) is 0 Å². The number of aryl methyl sites for hydroxylation is 1. The molecule has 1 aromatic rings. The van der Waals surface area contributed by atoms with E-state index in [1.807, 2.05) is 18.5 Å². The predicted molar refractivity (Wildman–Crippen MR) is 73.6 cm³/mol. The molecule has 3 nitrogen and oxygen atoms in total. The van der Waals surface area contributed by atoms with Gasteiger partial charge in [-0.05, 0) is 57.3 Å². The average Bonchev–Trinajstić information content (AvgIpc) is 2.85. The van der Waals surface area contributed by atoms with Crippen molar-refractivity contribution in [1.82, 2.24) is 9.88 Å². The van der Waals surface area contributed by atoms with Crippen molar-refractivity contribution in [2.45, 2.75) is 38.6 Å². The maximum atomic E-state index is 5.56. The molecule has 1 aliphatic heterocycles. The van der Waals surface area contributed by atoms with Crippen molar-refractivity contribution >= 4 is 0 Å². The zero-order chi connectivity index (χ0) is 12.6. The van der Waals surface area contributed by atoms with Crippen LogP contribution >= 0.6 is 0 Å². The van der Waals surface area contributed by atoms with Crippen LogP contribution in [-0.2, 0) is 11.2 Å². The van der Waals surface area contributed by atoms with Gasteiger partial charge >= 0.3 is 0 Å². The average molecular weight is 248 g/mol. The molecule has 100 valence electrons. The lowest BCUT2D eigenvalue weighted by atomic mass is 10.1. The standard InChI is InChI=1S/C15H24N2O/c1-2-18-13-15-8-5-11-17(15)10-4-7-14-6-3-9-16-12-14/h3,6,9,12,15H,2,4-5,7-8,10-11,13H2,1H3/t15-/m1/s1. The van der Waals surface area contributed by atoms with E-state index >= 15 is 0 Å². The summed E-state index contributed by atoms with van der Waals surface area (Å²) in [5.41, 5.74) is 1.35. The van der Waals surface area contributed by atoms with Crippen LogP contribution in [0.4, 0.5) is 0 Å². The lowest BCUT2D eigenvalue weighted by molar-refractivity contribution is 0.0848. The Morgan fingerprint density at radius 1 is 1.50 bits per heavy atom. The van der Waals surface area contributed by atoms with Crippen molar-refractivity contribution in [2.75, 3.05) is 26.3 Å². The highest BCUT2D eigenvalue weighted by Crippen LogP contribution is 2.18. The number of hydrogen-bond donors (Lipinski definition) is 0. The molecule has 0 saturated carbocycles. The highest BCUT2D eigenvalue weighted by molar-refractivity contribution is 5.08. The van der Waals surface area contributed by atoms with E-state index in [9.17, 15) is 0 Å². The topological polar surface area (TPSA) is 25.4 Å². The first kappa shape index (κ1) is 13.5. The van der Waals surface area contributed by atoms with Crippen LogP contribution in [0.5, 0.6) is 0 Å². The van der Waals surface area contributed by atoms with Gasteiger partial charge in [0.1, 0.15) is 0 Å². The minimum absolute atomic E-state index is 0.652. The normalized spacial score (nSPS) is 20.4. The molecule has 0 unspecified atom stereocenters. The summed E-state index contributed by atoms with van der Waals surface area (Å²) in [6.07, 6.45) is 8.78. The molecule has 1 aromatic heterocycles. The van der Waals surface area contributed by atoms with Crippen molar-refractivity contribution in [2.24, 2.45) is 0 Å². The number of rotatable bonds is 7. The van der Waals surface area contributed by atoms with Gasteiger partial charge in [0.05, 0.1) is 6.61 Å². The molecule has 0 amide bonds. The minimum Gasteiger partial charge on any atom is -0.380 e. The van der Waals surface area contributed by atoms with Gasteiger partial charge in [-0.1, -0.05) is 6.07 Å². The maximum Gasteiger partial charge on any atom is 0.0621 e. The second kappa shape index (κ2) is 7.49. The van der Waals surface area contributed by atoms with Gasteiger partial charge < -0.3 is 4.74 Å². The summed E-state index contributed by atoms with van der Waals surface area (Å²) < 4.78 is 5.56. The highest BCUT2D eigenvalue weighted by atomic mass is 16.5. The first-order chi connectivity index (χ1) is 8.90. The molecule has 0 spiro atoms. The van der Waals surface area contributed by atoms with Crippen LogP contribution in [0.15, 0.2) is 24.5 Å². The summed E-state index contributed by atoms with van der Waals surface area (Å²) in [7, 11) is 0. The molecule has 2 rings (SSSR count). The van der Waals surface area contributed by atoms with E-state index in [4.69, 9.17) is 4.74 Å². The lowest BCUT2D eigenvalue weighted by Gasteiger charge is -2.24. The van der Waals surface area contributed by atoms with Gasteiger partial charge in [0, 0.05) is 25.0 Å². The van der Waals surface area contributed by atoms with E-state index in [0.29, 0.717) is 6.04 Å². The first-order valence-electron chi connectivity index (χ1n) is 7.11. The third-order valence-corrected chi connectivity index (χ3v) is 3.65. The van der Waals surface area contributed by atoms with Gasteiger partial charge in [0.2, 0.25) is 0 Å². The fraction of sp³-hybridized carbons (Fsp3) is 0.667. The Labute approximate surface area is 110 Å². The van der Waals surface area contributed by atoms with Crippen LogP contribution in [0.25, 0.3) is 0 Å². The Bertz CT molecular complexity index is 329. The quantitative estimate of drug-likeness (QED) is 0.741. The monoisotopic (exact) mass is 248 g/mol. The number of ether oxygens (including phenoxy) is 1. The molecule has 0 radical (unpaired) electrons. The van der Waals surface area contributed by atoms with E-state index in [0.717, 1.165) is 19.6 Å². The summed E-state index contributed by atoms with van der Waals surface area (Å²) in [5.74, 6) is 0. The molecule has 0 bridgehead atoms. The van der Waals surface area contributed by atoms with Crippen molar-refractivity contribution in [1.29, 1.82) is 0 Å². The van der Waals surface area contributed by atoms with Gasteiger partial charge in [-0.3, -0.25) is 9.88 Å². The van der Waals surface area contributed by atoms with Crippen LogP contribution in [0.2, 0.25) is 0 Å². The van der Waals surface area contributed by atoms with Crippen molar-refractivity contribution in [3.63, 3.8) is 0 Å². The zero-order valence-electron chi connectivity index (χ0n) is 11.3. The van der Waals surface area contributed by atoms with Crippen LogP contribution < -0.4 is 0 Å². The molecule has 1 fully saturated rings. The maximum absolute atomic E-state index is 5.56. The van der Waals surface area contributed by atoms with Gasteiger partial charge in [0.25, 0.3) is 0 Å². The van der Waals surface area contributed by atoms with Crippen LogP contribution in [0, 0.1) is 0 Å². The molecular weight excluding hydrogens is 224 g/mol.